The molecule has 0 atom stereocenters. The Bertz CT molecular complexity index is 3400. The summed E-state index contributed by atoms with van der Waals surface area (Å²) in [6, 6.07) is 91.7. The molecule has 0 fully saturated rings. The summed E-state index contributed by atoms with van der Waals surface area (Å²) in [6.45, 7) is 0. The smallest absolute Gasteiger partial charge is 0.0714 e. The van der Waals surface area contributed by atoms with Crippen molar-refractivity contribution in [1.29, 1.82) is 0 Å². The molecule has 1 heteroatoms. The Morgan fingerprint density at radius 3 is 1.55 bits per heavy atom. The third-order valence-electron chi connectivity index (χ3n) is 13.1. The second kappa shape index (κ2) is 14.6. The summed E-state index contributed by atoms with van der Waals surface area (Å²) in [4.78, 5) is 2.44. The van der Waals surface area contributed by atoms with E-state index in [-0.39, 0.29) is 0 Å². The highest BCUT2D eigenvalue weighted by molar-refractivity contribution is 6.09. The number of rotatable bonds is 7. The number of fused-ring (bicyclic) bond motifs is 7. The zero-order chi connectivity index (χ0) is 41.0. The van der Waals surface area contributed by atoms with Crippen LogP contribution in [-0.2, 0) is 5.41 Å². The lowest BCUT2D eigenvalue weighted by molar-refractivity contribution is 0.768. The molecule has 11 aromatic carbocycles. The van der Waals surface area contributed by atoms with Gasteiger partial charge in [-0.1, -0.05) is 206 Å². The van der Waals surface area contributed by atoms with Gasteiger partial charge in [0.05, 0.1) is 5.41 Å². The van der Waals surface area contributed by atoms with Gasteiger partial charge in [-0.25, -0.2) is 0 Å². The topological polar surface area (TPSA) is 3.24 Å². The van der Waals surface area contributed by atoms with Crippen LogP contribution in [0.3, 0.4) is 0 Å². The van der Waals surface area contributed by atoms with Crippen LogP contribution >= 0.6 is 0 Å². The zero-order valence-electron chi connectivity index (χ0n) is 34.1. The van der Waals surface area contributed by atoms with Crippen LogP contribution in [0.5, 0.6) is 0 Å². The van der Waals surface area contributed by atoms with Crippen LogP contribution in [0, 0.1) is 0 Å². The summed E-state index contributed by atoms with van der Waals surface area (Å²) in [7, 11) is 0. The van der Waals surface area contributed by atoms with Gasteiger partial charge in [-0.2, -0.15) is 0 Å². The molecule has 0 aliphatic heterocycles. The molecule has 0 saturated heterocycles. The minimum absolute atomic E-state index is 0.505. The van der Waals surface area contributed by atoms with E-state index in [2.05, 4.69) is 254 Å². The average Bonchev–Trinajstić information content (AvgIpc) is 3.65. The van der Waals surface area contributed by atoms with E-state index >= 15 is 0 Å². The standard InChI is InChI=1S/C61H41N/c1-4-15-42(16-5-1)45-31-36-55-46(39-45)27-28-47-40-51(34-37-56(47)55)62(50-32-29-44(30-33-50)54-25-14-18-43-17-10-11-23-53(43)54)52-35-38-58-57-24-12-13-26-59(57)61(60(58)41-52,48-19-6-2-7-20-48)49-21-8-3-9-22-49/h1-41H. The van der Waals surface area contributed by atoms with Crippen molar-refractivity contribution in [1.82, 2.24) is 0 Å². The third-order valence-corrected chi connectivity index (χ3v) is 13.1. The third kappa shape index (κ3) is 5.70. The van der Waals surface area contributed by atoms with Crippen LogP contribution < -0.4 is 4.90 Å². The lowest BCUT2D eigenvalue weighted by atomic mass is 9.67. The van der Waals surface area contributed by atoms with Crippen LogP contribution in [0.2, 0.25) is 0 Å². The van der Waals surface area contributed by atoms with E-state index in [1.807, 2.05) is 0 Å². The van der Waals surface area contributed by atoms with E-state index in [1.54, 1.807) is 0 Å². The average molecular weight is 788 g/mol. The Morgan fingerprint density at radius 1 is 0.258 bits per heavy atom. The summed E-state index contributed by atoms with van der Waals surface area (Å²) in [5, 5.41) is 7.45. The van der Waals surface area contributed by atoms with Gasteiger partial charge in [0.15, 0.2) is 0 Å². The van der Waals surface area contributed by atoms with Gasteiger partial charge < -0.3 is 4.90 Å². The molecule has 0 amide bonds. The first kappa shape index (κ1) is 35.9. The Hall–Kier alpha value is -8.00. The fourth-order valence-electron chi connectivity index (χ4n) is 10.3. The number of benzene rings is 11. The molecule has 0 heterocycles. The number of hydrogen-bond donors (Lipinski definition) is 0. The molecule has 0 N–H and O–H groups in total. The quantitative estimate of drug-likeness (QED) is 0.145. The SMILES string of the molecule is c1ccc(-c2ccc3c(ccc4cc(N(c5ccc(-c6cccc7ccccc67)cc5)c5ccc6c(c5)C(c5ccccc5)(c5ccccc5)c5ccccc5-6)ccc43)c2)cc1. The molecule has 62 heavy (non-hydrogen) atoms. The van der Waals surface area contributed by atoms with Gasteiger partial charge in [-0.15, -0.1) is 0 Å². The predicted octanol–water partition coefficient (Wildman–Crippen LogP) is 16.3. The van der Waals surface area contributed by atoms with Crippen LogP contribution in [-0.4, -0.2) is 0 Å². The van der Waals surface area contributed by atoms with E-state index < -0.39 is 5.41 Å². The van der Waals surface area contributed by atoms with Crippen molar-refractivity contribution >= 4 is 49.4 Å². The molecule has 1 nitrogen and oxygen atoms in total. The molecular weight excluding hydrogens is 747 g/mol. The highest BCUT2D eigenvalue weighted by Gasteiger charge is 2.46. The Balaban J connectivity index is 1.06. The van der Waals surface area contributed by atoms with E-state index in [4.69, 9.17) is 0 Å². The van der Waals surface area contributed by atoms with Gasteiger partial charge in [-0.3, -0.25) is 0 Å². The maximum atomic E-state index is 2.46. The molecule has 0 aromatic heterocycles. The van der Waals surface area contributed by atoms with Gasteiger partial charge in [0.25, 0.3) is 0 Å². The number of anilines is 3. The van der Waals surface area contributed by atoms with Crippen molar-refractivity contribution in [2.24, 2.45) is 0 Å². The Morgan fingerprint density at radius 2 is 0.790 bits per heavy atom. The molecule has 0 spiro atoms. The Labute approximate surface area is 362 Å². The minimum Gasteiger partial charge on any atom is -0.310 e. The first-order valence-corrected chi connectivity index (χ1v) is 21.5. The molecule has 1 aliphatic rings. The largest absolute Gasteiger partial charge is 0.310 e. The van der Waals surface area contributed by atoms with E-state index in [0.29, 0.717) is 0 Å². The van der Waals surface area contributed by atoms with E-state index in [0.717, 1.165) is 17.1 Å². The van der Waals surface area contributed by atoms with Gasteiger partial charge in [-0.05, 0) is 130 Å². The lowest BCUT2D eigenvalue weighted by Crippen LogP contribution is -2.28. The van der Waals surface area contributed by atoms with Gasteiger partial charge in [0, 0.05) is 17.1 Å². The first-order valence-electron chi connectivity index (χ1n) is 21.5. The highest BCUT2D eigenvalue weighted by atomic mass is 15.1. The number of hydrogen-bond acceptors (Lipinski definition) is 1. The van der Waals surface area contributed by atoms with Gasteiger partial charge in [0.1, 0.15) is 0 Å². The summed E-state index contributed by atoms with van der Waals surface area (Å²) in [6.07, 6.45) is 0. The van der Waals surface area contributed by atoms with Gasteiger partial charge >= 0.3 is 0 Å². The molecule has 290 valence electrons. The van der Waals surface area contributed by atoms with Crippen LogP contribution in [0.25, 0.3) is 65.7 Å². The summed E-state index contributed by atoms with van der Waals surface area (Å²) in [5.41, 5.74) is 15.4. The number of nitrogens with zero attached hydrogens (tertiary/aromatic N) is 1. The monoisotopic (exact) mass is 787 g/mol. The summed E-state index contributed by atoms with van der Waals surface area (Å²) >= 11 is 0. The fourth-order valence-corrected chi connectivity index (χ4v) is 10.3. The molecule has 0 unspecified atom stereocenters. The van der Waals surface area contributed by atoms with Crippen molar-refractivity contribution in [3.63, 3.8) is 0 Å². The minimum atomic E-state index is -0.505. The highest BCUT2D eigenvalue weighted by Crippen LogP contribution is 2.57. The van der Waals surface area contributed by atoms with E-state index in [1.165, 1.54) is 88.0 Å². The molecular formula is C61H41N. The van der Waals surface area contributed by atoms with Crippen LogP contribution in [0.4, 0.5) is 17.1 Å². The second-order valence-corrected chi connectivity index (χ2v) is 16.4. The van der Waals surface area contributed by atoms with Crippen LogP contribution in [0.15, 0.2) is 249 Å². The normalized spacial score (nSPS) is 12.6. The fraction of sp³-hybridized carbons (Fsp3) is 0.0164. The lowest BCUT2D eigenvalue weighted by Gasteiger charge is -2.35. The van der Waals surface area contributed by atoms with Crippen molar-refractivity contribution in [3.8, 4) is 33.4 Å². The molecule has 1 aliphatic carbocycles. The zero-order valence-corrected chi connectivity index (χ0v) is 34.1. The van der Waals surface area contributed by atoms with Gasteiger partial charge in [0.2, 0.25) is 0 Å². The molecule has 0 bridgehead atoms. The Kier molecular flexibility index (Phi) is 8.47. The van der Waals surface area contributed by atoms with Crippen molar-refractivity contribution in [2.45, 2.75) is 5.41 Å². The van der Waals surface area contributed by atoms with Crippen molar-refractivity contribution in [2.75, 3.05) is 4.90 Å². The van der Waals surface area contributed by atoms with Crippen LogP contribution in [0.1, 0.15) is 22.3 Å². The molecule has 12 rings (SSSR count). The summed E-state index contributed by atoms with van der Waals surface area (Å²) < 4.78 is 0. The maximum absolute atomic E-state index is 2.46. The molecule has 0 radical (unpaired) electrons. The maximum Gasteiger partial charge on any atom is 0.0714 e. The first-order chi connectivity index (χ1) is 30.7. The van der Waals surface area contributed by atoms with Crippen molar-refractivity contribution < 1.29 is 0 Å². The van der Waals surface area contributed by atoms with E-state index in [9.17, 15) is 0 Å². The van der Waals surface area contributed by atoms with Crippen molar-refractivity contribution in [3.05, 3.63) is 271 Å². The second-order valence-electron chi connectivity index (χ2n) is 16.4. The molecule has 11 aromatic rings. The summed E-state index contributed by atoms with van der Waals surface area (Å²) in [5.74, 6) is 0. The predicted molar refractivity (Wildman–Crippen MR) is 262 cm³/mol. The molecule has 0 saturated carbocycles.